The number of benzene rings is 2. The molecule has 4 aromatic rings. The molecule has 0 unspecified atom stereocenters. The Morgan fingerprint density at radius 2 is 1.92 bits per heavy atom. The van der Waals surface area contributed by atoms with E-state index in [-0.39, 0.29) is 24.0 Å². The van der Waals surface area contributed by atoms with Gasteiger partial charge in [-0.3, -0.25) is 9.36 Å². The largest absolute Gasteiger partial charge is 0.490 e. The van der Waals surface area contributed by atoms with E-state index >= 15 is 0 Å². The predicted molar refractivity (Wildman–Crippen MR) is 139 cm³/mol. The maximum Gasteiger partial charge on any atom is 0.416 e. The zero-order valence-electron chi connectivity index (χ0n) is 20.5. The van der Waals surface area contributed by atoms with Crippen LogP contribution in [0, 0.1) is 0 Å². The highest BCUT2D eigenvalue weighted by Gasteiger charge is 2.32. The minimum absolute atomic E-state index is 0.0106. The number of carbonyl (C=O) groups is 1. The van der Waals surface area contributed by atoms with E-state index in [0.29, 0.717) is 34.8 Å². The van der Waals surface area contributed by atoms with Crippen molar-refractivity contribution in [1.29, 1.82) is 0 Å². The number of nitrogens with zero attached hydrogens (tertiary/aromatic N) is 4. The van der Waals surface area contributed by atoms with Crippen LogP contribution >= 0.6 is 11.6 Å². The summed E-state index contributed by atoms with van der Waals surface area (Å²) in [5.41, 5.74) is 1.76. The minimum atomic E-state index is -4.59. The smallest absolute Gasteiger partial charge is 0.416 e. The molecule has 7 nitrogen and oxygen atoms in total. The maximum absolute atomic E-state index is 13.6. The van der Waals surface area contributed by atoms with Crippen LogP contribution in [0.25, 0.3) is 16.9 Å². The van der Waals surface area contributed by atoms with E-state index in [1.165, 1.54) is 6.07 Å². The van der Waals surface area contributed by atoms with Crippen LogP contribution < -0.4 is 10.1 Å². The van der Waals surface area contributed by atoms with Crippen molar-refractivity contribution < 1.29 is 22.7 Å². The summed E-state index contributed by atoms with van der Waals surface area (Å²) in [4.78, 5) is 23.6. The molecule has 198 valence electrons. The van der Waals surface area contributed by atoms with E-state index in [2.05, 4.69) is 20.2 Å². The summed E-state index contributed by atoms with van der Waals surface area (Å²) in [6.07, 6.45) is -0.159. The van der Waals surface area contributed by atoms with Crippen molar-refractivity contribution in [2.75, 3.05) is 25.5 Å². The van der Waals surface area contributed by atoms with Crippen LogP contribution in [-0.4, -0.2) is 51.6 Å². The minimum Gasteiger partial charge on any atom is -0.490 e. The van der Waals surface area contributed by atoms with E-state index in [1.807, 2.05) is 13.1 Å². The fourth-order valence-corrected chi connectivity index (χ4v) is 4.69. The number of imidazole rings is 1. The molecule has 2 aromatic carbocycles. The number of halogens is 4. The number of rotatable bonds is 6. The van der Waals surface area contributed by atoms with E-state index in [9.17, 15) is 18.0 Å². The highest BCUT2D eigenvalue weighted by Crippen LogP contribution is 2.35. The molecule has 38 heavy (non-hydrogen) atoms. The molecule has 1 amide bonds. The fraction of sp³-hybridized carbons (Fsp3) is 0.296. The third-order valence-corrected chi connectivity index (χ3v) is 6.81. The number of amides is 1. The number of aromatic nitrogens is 3. The number of anilines is 1. The summed E-state index contributed by atoms with van der Waals surface area (Å²) in [5, 5.41) is 2.91. The van der Waals surface area contributed by atoms with Crippen molar-refractivity contribution in [2.24, 2.45) is 0 Å². The monoisotopic (exact) mass is 543 g/mol. The Labute approximate surface area is 222 Å². The van der Waals surface area contributed by atoms with Crippen LogP contribution in [0.1, 0.15) is 24.0 Å². The van der Waals surface area contributed by atoms with Crippen molar-refractivity contribution in [1.82, 2.24) is 19.4 Å². The zero-order chi connectivity index (χ0) is 26.9. The molecule has 1 fully saturated rings. The molecule has 5 rings (SSSR count). The normalized spacial score (nSPS) is 15.1. The van der Waals surface area contributed by atoms with Crippen molar-refractivity contribution in [3.63, 3.8) is 0 Å². The Kier molecular flexibility index (Phi) is 7.27. The molecule has 0 radical (unpaired) electrons. The van der Waals surface area contributed by atoms with Gasteiger partial charge in [-0.2, -0.15) is 13.2 Å². The van der Waals surface area contributed by atoms with Crippen LogP contribution in [0.4, 0.5) is 18.9 Å². The van der Waals surface area contributed by atoms with Crippen LogP contribution in [0.5, 0.6) is 5.75 Å². The molecular weight excluding hydrogens is 519 g/mol. The first-order valence-electron chi connectivity index (χ1n) is 12.1. The van der Waals surface area contributed by atoms with Crippen molar-refractivity contribution in [3.05, 3.63) is 77.2 Å². The Morgan fingerprint density at radius 3 is 2.66 bits per heavy atom. The standard InChI is InChI=1S/C27H25ClF3N5O2/c1-35-9-6-21(7-10-35)38-22-13-18(27(29,30)31)12-19(14-22)34-25(37)11-17-4-5-20(15-23(17)28)36-16-33-24-3-2-8-32-26(24)36/h2-5,8,12-16,21H,6-7,9-11H2,1H3,(H,34,37). The second kappa shape index (κ2) is 10.6. The van der Waals surface area contributed by atoms with E-state index in [4.69, 9.17) is 16.3 Å². The number of nitrogens with one attached hydrogen (secondary N) is 1. The summed E-state index contributed by atoms with van der Waals surface area (Å²) >= 11 is 6.47. The average Bonchev–Trinajstić information content (AvgIpc) is 3.30. The quantitative estimate of drug-likeness (QED) is 0.335. The number of hydrogen-bond acceptors (Lipinski definition) is 5. The first-order valence-corrected chi connectivity index (χ1v) is 12.5. The van der Waals surface area contributed by atoms with Crippen LogP contribution in [0.15, 0.2) is 61.1 Å². The predicted octanol–water partition coefficient (Wildman–Crippen LogP) is 5.75. The molecule has 2 aromatic heterocycles. The van der Waals surface area contributed by atoms with E-state index in [1.54, 1.807) is 41.4 Å². The van der Waals surface area contributed by atoms with E-state index in [0.717, 1.165) is 30.7 Å². The number of hydrogen-bond donors (Lipinski definition) is 1. The molecule has 0 aliphatic carbocycles. The lowest BCUT2D eigenvalue weighted by Crippen LogP contribution is -2.35. The van der Waals surface area contributed by atoms with Gasteiger partial charge in [0.2, 0.25) is 5.91 Å². The molecule has 1 aliphatic rings. The van der Waals surface area contributed by atoms with Crippen molar-refractivity contribution in [2.45, 2.75) is 31.5 Å². The summed E-state index contributed by atoms with van der Waals surface area (Å²) in [6.45, 7) is 1.61. The maximum atomic E-state index is 13.6. The van der Waals surface area contributed by atoms with Gasteiger partial charge in [0.15, 0.2) is 5.65 Å². The molecule has 1 aliphatic heterocycles. The second-order valence-electron chi connectivity index (χ2n) is 9.33. The molecule has 1 N–H and O–H groups in total. The molecule has 11 heteroatoms. The number of alkyl halides is 3. The average molecular weight is 544 g/mol. The molecule has 1 saturated heterocycles. The summed E-state index contributed by atoms with van der Waals surface area (Å²) in [5.74, 6) is -0.424. The van der Waals surface area contributed by atoms with Crippen molar-refractivity contribution in [3.8, 4) is 11.4 Å². The summed E-state index contributed by atoms with van der Waals surface area (Å²) < 4.78 is 48.3. The van der Waals surface area contributed by atoms with Gasteiger partial charge in [-0.05, 0) is 61.9 Å². The van der Waals surface area contributed by atoms with E-state index < -0.39 is 17.6 Å². The van der Waals surface area contributed by atoms with Gasteiger partial charge >= 0.3 is 6.18 Å². The summed E-state index contributed by atoms with van der Waals surface area (Å²) in [6, 6.07) is 12.1. The van der Waals surface area contributed by atoms with Gasteiger partial charge in [0.1, 0.15) is 23.7 Å². The fourth-order valence-electron chi connectivity index (χ4n) is 4.44. The number of fused-ring (bicyclic) bond motifs is 1. The van der Waals surface area contributed by atoms with Crippen LogP contribution in [0.2, 0.25) is 5.02 Å². The second-order valence-corrected chi connectivity index (χ2v) is 9.73. The van der Waals surface area contributed by atoms with Crippen LogP contribution in [-0.2, 0) is 17.4 Å². The van der Waals surface area contributed by atoms with Gasteiger partial charge in [-0.1, -0.05) is 17.7 Å². The van der Waals surface area contributed by atoms with Gasteiger partial charge in [-0.25, -0.2) is 9.97 Å². The molecule has 3 heterocycles. The Hall–Kier alpha value is -3.63. The van der Waals surface area contributed by atoms with Crippen molar-refractivity contribution >= 4 is 34.4 Å². The van der Waals surface area contributed by atoms with Crippen LogP contribution in [0.3, 0.4) is 0 Å². The Balaban J connectivity index is 1.31. The number of pyridine rings is 1. The van der Waals surface area contributed by atoms with Gasteiger partial charge in [0, 0.05) is 36.1 Å². The van der Waals surface area contributed by atoms with Gasteiger partial charge in [-0.15, -0.1) is 0 Å². The van der Waals surface area contributed by atoms with Gasteiger partial charge in [0.25, 0.3) is 0 Å². The third-order valence-electron chi connectivity index (χ3n) is 6.46. The molecule has 0 spiro atoms. The first-order chi connectivity index (χ1) is 18.2. The first kappa shape index (κ1) is 26.0. The number of piperidine rings is 1. The van der Waals surface area contributed by atoms with Gasteiger partial charge < -0.3 is 15.0 Å². The Bertz CT molecular complexity index is 1460. The molecule has 0 bridgehead atoms. The lowest BCUT2D eigenvalue weighted by atomic mass is 10.1. The Morgan fingerprint density at radius 1 is 1.13 bits per heavy atom. The van der Waals surface area contributed by atoms with Gasteiger partial charge in [0.05, 0.1) is 17.7 Å². The highest BCUT2D eigenvalue weighted by atomic mass is 35.5. The number of ether oxygens (including phenoxy) is 1. The highest BCUT2D eigenvalue weighted by molar-refractivity contribution is 6.31. The topological polar surface area (TPSA) is 72.3 Å². The zero-order valence-corrected chi connectivity index (χ0v) is 21.3. The number of likely N-dealkylation sites (tertiary alicyclic amines) is 1. The lowest BCUT2D eigenvalue weighted by Gasteiger charge is -2.29. The third kappa shape index (κ3) is 5.92. The number of carbonyl (C=O) groups excluding carboxylic acids is 1. The SMILES string of the molecule is CN1CCC(Oc2cc(NC(=O)Cc3ccc(-n4cnc5cccnc54)cc3Cl)cc(C(F)(F)F)c2)CC1. The lowest BCUT2D eigenvalue weighted by molar-refractivity contribution is -0.137. The molecule has 0 saturated carbocycles. The molecular formula is C27H25ClF3N5O2. The summed E-state index contributed by atoms with van der Waals surface area (Å²) in [7, 11) is 1.99. The molecule has 0 atom stereocenters.